The predicted octanol–water partition coefficient (Wildman–Crippen LogP) is 0.513. The summed E-state index contributed by atoms with van der Waals surface area (Å²) in [6.45, 7) is 1.42. The van der Waals surface area contributed by atoms with E-state index in [0.29, 0.717) is 29.2 Å². The molecule has 5 nitrogen and oxygen atoms in total. The fourth-order valence-electron chi connectivity index (χ4n) is 1.43. The highest BCUT2D eigenvalue weighted by molar-refractivity contribution is 5.41. The molecule has 0 aliphatic carbocycles. The van der Waals surface area contributed by atoms with Gasteiger partial charge in [0.25, 0.3) is 0 Å². The van der Waals surface area contributed by atoms with Crippen molar-refractivity contribution >= 4 is 0 Å². The molecule has 0 unspecified atom stereocenters. The number of ether oxygens (including phenoxy) is 1. The van der Waals surface area contributed by atoms with Gasteiger partial charge < -0.3 is 20.1 Å². The highest BCUT2D eigenvalue weighted by atomic mass is 16.5. The number of rotatable bonds is 6. The molecule has 0 saturated heterocycles. The van der Waals surface area contributed by atoms with Gasteiger partial charge in [0.2, 0.25) is 0 Å². The highest BCUT2D eigenvalue weighted by Crippen LogP contribution is 2.26. The Labute approximate surface area is 100 Å². The number of aliphatic hydroxyl groups excluding tert-OH is 3. The number of allylic oxidation sites excluding steroid dienone is 1. The van der Waals surface area contributed by atoms with Crippen LogP contribution in [0.4, 0.5) is 0 Å². The summed E-state index contributed by atoms with van der Waals surface area (Å²) >= 11 is 0. The SMILES string of the molecule is CC=CCOc1c(CO)ncc(CO)c1CO. The first-order chi connectivity index (χ1) is 8.28. The van der Waals surface area contributed by atoms with Crippen molar-refractivity contribution in [3.63, 3.8) is 0 Å². The molecule has 0 aromatic carbocycles. The van der Waals surface area contributed by atoms with Crippen molar-refractivity contribution in [1.82, 2.24) is 4.98 Å². The molecule has 1 heterocycles. The first kappa shape index (κ1) is 13.6. The van der Waals surface area contributed by atoms with Crippen LogP contribution in [0.25, 0.3) is 0 Å². The van der Waals surface area contributed by atoms with Crippen LogP contribution < -0.4 is 4.74 Å². The Hall–Kier alpha value is -1.43. The summed E-state index contributed by atoms with van der Waals surface area (Å²) in [4.78, 5) is 3.99. The molecule has 0 bridgehead atoms. The van der Waals surface area contributed by atoms with Crippen LogP contribution >= 0.6 is 0 Å². The lowest BCUT2D eigenvalue weighted by Gasteiger charge is -2.14. The Morgan fingerprint density at radius 2 is 2.00 bits per heavy atom. The largest absolute Gasteiger partial charge is 0.487 e. The maximum absolute atomic E-state index is 9.29. The van der Waals surface area contributed by atoms with E-state index in [0.717, 1.165) is 0 Å². The maximum atomic E-state index is 9.29. The van der Waals surface area contributed by atoms with Crippen molar-refractivity contribution in [3.8, 4) is 5.75 Å². The van der Waals surface area contributed by atoms with Gasteiger partial charge >= 0.3 is 0 Å². The highest BCUT2D eigenvalue weighted by Gasteiger charge is 2.14. The molecule has 3 N–H and O–H groups in total. The van der Waals surface area contributed by atoms with Crippen molar-refractivity contribution in [1.29, 1.82) is 0 Å². The number of nitrogens with zero attached hydrogens (tertiary/aromatic N) is 1. The number of aromatic nitrogens is 1. The summed E-state index contributed by atoms with van der Waals surface area (Å²) in [6.07, 6.45) is 5.06. The van der Waals surface area contributed by atoms with Gasteiger partial charge in [-0.15, -0.1) is 0 Å². The van der Waals surface area contributed by atoms with Gasteiger partial charge in [-0.3, -0.25) is 4.98 Å². The molecule has 0 spiro atoms. The maximum Gasteiger partial charge on any atom is 0.149 e. The molecule has 0 radical (unpaired) electrons. The second kappa shape index (κ2) is 7.01. The van der Waals surface area contributed by atoms with E-state index >= 15 is 0 Å². The molecule has 94 valence electrons. The molecular weight excluding hydrogens is 222 g/mol. The van der Waals surface area contributed by atoms with E-state index in [1.54, 1.807) is 6.08 Å². The summed E-state index contributed by atoms with van der Waals surface area (Å²) in [5.74, 6) is 0.347. The van der Waals surface area contributed by atoms with Crippen molar-refractivity contribution in [3.05, 3.63) is 35.2 Å². The molecular formula is C12H17NO4. The Balaban J connectivity index is 3.10. The Kier molecular flexibility index (Phi) is 5.62. The molecule has 0 amide bonds. The van der Waals surface area contributed by atoms with Crippen LogP contribution in [0.1, 0.15) is 23.7 Å². The van der Waals surface area contributed by atoms with E-state index in [4.69, 9.17) is 14.9 Å². The molecule has 1 rings (SSSR count). The lowest BCUT2D eigenvalue weighted by Crippen LogP contribution is -2.07. The third-order valence-corrected chi connectivity index (χ3v) is 2.34. The minimum Gasteiger partial charge on any atom is -0.487 e. The fraction of sp³-hybridized carbons (Fsp3) is 0.417. The second-order valence-electron chi connectivity index (χ2n) is 3.39. The summed E-state index contributed by atoms with van der Waals surface area (Å²) in [7, 11) is 0. The van der Waals surface area contributed by atoms with Crippen molar-refractivity contribution in [2.75, 3.05) is 6.61 Å². The van der Waals surface area contributed by atoms with Crippen molar-refractivity contribution in [2.45, 2.75) is 26.7 Å². The smallest absolute Gasteiger partial charge is 0.149 e. The van der Waals surface area contributed by atoms with Gasteiger partial charge in [0.1, 0.15) is 18.1 Å². The first-order valence-corrected chi connectivity index (χ1v) is 5.34. The normalized spacial score (nSPS) is 11.1. The third kappa shape index (κ3) is 3.26. The van der Waals surface area contributed by atoms with Crippen molar-refractivity contribution in [2.24, 2.45) is 0 Å². The lowest BCUT2D eigenvalue weighted by molar-refractivity contribution is 0.240. The predicted molar refractivity (Wildman–Crippen MR) is 62.3 cm³/mol. The van der Waals surface area contributed by atoms with Crippen LogP contribution in [0.15, 0.2) is 18.3 Å². The van der Waals surface area contributed by atoms with Crippen LogP contribution in [0.5, 0.6) is 5.75 Å². The monoisotopic (exact) mass is 239 g/mol. The number of hydrogen-bond donors (Lipinski definition) is 3. The van der Waals surface area contributed by atoms with Crippen LogP contribution in [-0.2, 0) is 19.8 Å². The van der Waals surface area contributed by atoms with E-state index < -0.39 is 0 Å². The minimum absolute atomic E-state index is 0.228. The average molecular weight is 239 g/mol. The average Bonchev–Trinajstić information content (AvgIpc) is 2.38. The third-order valence-electron chi connectivity index (χ3n) is 2.34. The second-order valence-corrected chi connectivity index (χ2v) is 3.39. The molecule has 0 aliphatic heterocycles. The summed E-state index contributed by atoms with van der Waals surface area (Å²) in [5.41, 5.74) is 1.33. The van der Waals surface area contributed by atoms with E-state index in [1.165, 1.54) is 6.20 Å². The zero-order valence-electron chi connectivity index (χ0n) is 9.76. The molecule has 1 aromatic rings. The summed E-state index contributed by atoms with van der Waals surface area (Å²) in [5, 5.41) is 27.6. The van der Waals surface area contributed by atoms with Crippen molar-refractivity contribution < 1.29 is 20.1 Å². The van der Waals surface area contributed by atoms with E-state index in [1.807, 2.05) is 13.0 Å². The van der Waals surface area contributed by atoms with Gasteiger partial charge in [-0.1, -0.05) is 12.2 Å². The van der Waals surface area contributed by atoms with Crippen LogP contribution in [0.2, 0.25) is 0 Å². The molecule has 0 aliphatic rings. The van der Waals surface area contributed by atoms with Crippen LogP contribution in [0, 0.1) is 0 Å². The zero-order valence-corrected chi connectivity index (χ0v) is 9.76. The molecule has 0 fully saturated rings. The Bertz CT molecular complexity index is 390. The lowest BCUT2D eigenvalue weighted by atomic mass is 10.1. The standard InChI is InChI=1S/C12H17NO4/c1-2-3-4-17-12-10(7-15)9(6-14)5-13-11(12)8-16/h2-3,5,14-16H,4,6-8H2,1H3. The quantitative estimate of drug-likeness (QED) is 0.630. The Morgan fingerprint density at radius 3 is 2.53 bits per heavy atom. The molecule has 1 aromatic heterocycles. The van der Waals surface area contributed by atoms with Gasteiger partial charge in [-0.25, -0.2) is 0 Å². The first-order valence-electron chi connectivity index (χ1n) is 5.34. The van der Waals surface area contributed by atoms with E-state index in [9.17, 15) is 5.11 Å². The molecule has 5 heteroatoms. The van der Waals surface area contributed by atoms with Crippen LogP contribution in [0.3, 0.4) is 0 Å². The van der Waals surface area contributed by atoms with Gasteiger partial charge in [-0.2, -0.15) is 0 Å². The van der Waals surface area contributed by atoms with Gasteiger partial charge in [0.15, 0.2) is 0 Å². The molecule has 0 saturated carbocycles. The fourth-order valence-corrected chi connectivity index (χ4v) is 1.43. The topological polar surface area (TPSA) is 82.8 Å². The molecule has 17 heavy (non-hydrogen) atoms. The minimum atomic E-state index is -0.274. The van der Waals surface area contributed by atoms with Gasteiger partial charge in [0, 0.05) is 17.3 Å². The summed E-state index contributed by atoms with van der Waals surface area (Å²) < 4.78 is 5.45. The van der Waals surface area contributed by atoms with Gasteiger partial charge in [-0.05, 0) is 6.92 Å². The summed E-state index contributed by atoms with van der Waals surface area (Å²) in [6, 6.07) is 0. The van der Waals surface area contributed by atoms with Crippen LogP contribution in [-0.4, -0.2) is 26.9 Å². The number of hydrogen-bond acceptors (Lipinski definition) is 5. The number of aliphatic hydroxyl groups is 3. The zero-order chi connectivity index (χ0) is 12.7. The number of pyridine rings is 1. The van der Waals surface area contributed by atoms with E-state index in [-0.39, 0.29) is 19.8 Å². The van der Waals surface area contributed by atoms with Gasteiger partial charge in [0.05, 0.1) is 19.8 Å². The Morgan fingerprint density at radius 1 is 1.24 bits per heavy atom. The van der Waals surface area contributed by atoms with E-state index in [2.05, 4.69) is 4.98 Å². The molecule has 0 atom stereocenters.